The van der Waals surface area contributed by atoms with E-state index in [0.717, 1.165) is 5.69 Å². The summed E-state index contributed by atoms with van der Waals surface area (Å²) in [6, 6.07) is 3.39. The molecule has 0 fully saturated rings. The van der Waals surface area contributed by atoms with E-state index in [2.05, 4.69) is 15.1 Å². The third-order valence-corrected chi connectivity index (χ3v) is 2.37. The molecule has 7 nitrogen and oxygen atoms in total. The molecule has 19 heavy (non-hydrogen) atoms. The average Bonchev–Trinajstić information content (AvgIpc) is 2.64. The lowest BCUT2D eigenvalue weighted by atomic mass is 10.5. The van der Waals surface area contributed by atoms with Crippen LogP contribution in [0, 0.1) is 6.92 Å². The van der Waals surface area contributed by atoms with Crippen molar-refractivity contribution in [1.29, 1.82) is 0 Å². The summed E-state index contributed by atoms with van der Waals surface area (Å²) in [5.41, 5.74) is 6.59. The van der Waals surface area contributed by atoms with Crippen LogP contribution in [0.4, 0.5) is 5.82 Å². The molecule has 0 aliphatic carbocycles. The number of nitrogens with zero attached hydrogens (tertiary/aromatic N) is 4. The Morgan fingerprint density at radius 3 is 2.74 bits per heavy atom. The van der Waals surface area contributed by atoms with Crippen molar-refractivity contribution >= 4 is 5.82 Å². The highest BCUT2D eigenvalue weighted by atomic mass is 16.5. The van der Waals surface area contributed by atoms with Crippen LogP contribution in [0.2, 0.25) is 0 Å². The standard InChI is InChI=1S/C12H17N5O2/c1-4-18-7-10-14-9(13)6-11(15-10)19-12-5-8(2)16-17(12)3/h5-6H,4,7H2,1-3H3,(H2,13,14,15). The van der Waals surface area contributed by atoms with Crippen molar-refractivity contribution in [2.75, 3.05) is 12.3 Å². The molecule has 0 spiro atoms. The summed E-state index contributed by atoms with van der Waals surface area (Å²) >= 11 is 0. The molecule has 0 bridgehead atoms. The molecule has 0 saturated heterocycles. The Morgan fingerprint density at radius 2 is 2.11 bits per heavy atom. The predicted molar refractivity (Wildman–Crippen MR) is 69.8 cm³/mol. The van der Waals surface area contributed by atoms with Crippen molar-refractivity contribution in [1.82, 2.24) is 19.7 Å². The van der Waals surface area contributed by atoms with Gasteiger partial charge >= 0.3 is 0 Å². The van der Waals surface area contributed by atoms with E-state index in [1.807, 2.05) is 19.9 Å². The third kappa shape index (κ3) is 3.41. The molecule has 0 saturated carbocycles. The molecule has 102 valence electrons. The molecule has 0 aliphatic rings. The van der Waals surface area contributed by atoms with Crippen LogP contribution < -0.4 is 10.5 Å². The first kappa shape index (κ1) is 13.3. The van der Waals surface area contributed by atoms with Gasteiger partial charge in [-0.25, -0.2) is 9.67 Å². The van der Waals surface area contributed by atoms with Crippen LogP contribution in [0.5, 0.6) is 11.8 Å². The molecule has 2 rings (SSSR count). The Morgan fingerprint density at radius 1 is 1.32 bits per heavy atom. The Labute approximate surface area is 111 Å². The second-order valence-electron chi connectivity index (χ2n) is 4.03. The summed E-state index contributed by atoms with van der Waals surface area (Å²) < 4.78 is 12.5. The largest absolute Gasteiger partial charge is 0.421 e. The lowest BCUT2D eigenvalue weighted by Crippen LogP contribution is -2.04. The molecule has 0 unspecified atom stereocenters. The topological polar surface area (TPSA) is 88.1 Å². The van der Waals surface area contributed by atoms with Crippen molar-refractivity contribution in [2.24, 2.45) is 7.05 Å². The Balaban J connectivity index is 2.20. The molecule has 0 amide bonds. The number of anilines is 1. The highest BCUT2D eigenvalue weighted by Gasteiger charge is 2.08. The minimum absolute atomic E-state index is 0.308. The summed E-state index contributed by atoms with van der Waals surface area (Å²) in [4.78, 5) is 8.32. The molecule has 0 radical (unpaired) electrons. The normalized spacial score (nSPS) is 10.7. The fourth-order valence-electron chi connectivity index (χ4n) is 1.59. The Bertz CT molecular complexity index is 567. The van der Waals surface area contributed by atoms with E-state index in [1.54, 1.807) is 17.8 Å². The number of ether oxygens (including phenoxy) is 2. The summed E-state index contributed by atoms with van der Waals surface area (Å²) in [5.74, 6) is 1.82. The first-order valence-corrected chi connectivity index (χ1v) is 5.98. The minimum atomic E-state index is 0.308. The maximum Gasteiger partial charge on any atom is 0.226 e. The van der Waals surface area contributed by atoms with E-state index in [4.69, 9.17) is 15.2 Å². The predicted octanol–water partition coefficient (Wildman–Crippen LogP) is 1.43. The van der Waals surface area contributed by atoms with E-state index in [1.165, 1.54) is 0 Å². The van der Waals surface area contributed by atoms with Gasteiger partial charge in [0.2, 0.25) is 11.8 Å². The molecule has 0 aliphatic heterocycles. The molecule has 7 heteroatoms. The maximum absolute atomic E-state index is 5.72. The highest BCUT2D eigenvalue weighted by Crippen LogP contribution is 2.21. The quantitative estimate of drug-likeness (QED) is 0.877. The summed E-state index contributed by atoms with van der Waals surface area (Å²) in [6.07, 6.45) is 0. The first-order valence-electron chi connectivity index (χ1n) is 5.98. The van der Waals surface area contributed by atoms with E-state index >= 15 is 0 Å². The maximum atomic E-state index is 5.72. The van der Waals surface area contributed by atoms with E-state index in [9.17, 15) is 0 Å². The van der Waals surface area contributed by atoms with Gasteiger partial charge < -0.3 is 15.2 Å². The second-order valence-corrected chi connectivity index (χ2v) is 4.03. The second kappa shape index (κ2) is 5.66. The smallest absolute Gasteiger partial charge is 0.226 e. The van der Waals surface area contributed by atoms with Gasteiger partial charge in [-0.2, -0.15) is 10.1 Å². The Kier molecular flexibility index (Phi) is 3.96. The molecular formula is C12H17N5O2. The van der Waals surface area contributed by atoms with Crippen molar-refractivity contribution < 1.29 is 9.47 Å². The zero-order chi connectivity index (χ0) is 13.8. The first-order chi connectivity index (χ1) is 9.08. The molecule has 2 aromatic rings. The van der Waals surface area contributed by atoms with Crippen molar-refractivity contribution in [3.8, 4) is 11.8 Å². The van der Waals surface area contributed by atoms with Crippen molar-refractivity contribution in [3.63, 3.8) is 0 Å². The van der Waals surface area contributed by atoms with Gasteiger partial charge in [-0.3, -0.25) is 0 Å². The summed E-state index contributed by atoms with van der Waals surface area (Å²) in [6.45, 7) is 4.70. The zero-order valence-corrected chi connectivity index (χ0v) is 11.3. The fourth-order valence-corrected chi connectivity index (χ4v) is 1.59. The van der Waals surface area contributed by atoms with Crippen LogP contribution >= 0.6 is 0 Å². The minimum Gasteiger partial charge on any atom is -0.421 e. The lowest BCUT2D eigenvalue weighted by Gasteiger charge is -2.07. The van der Waals surface area contributed by atoms with Crippen LogP contribution in [0.3, 0.4) is 0 Å². The summed E-state index contributed by atoms with van der Waals surface area (Å²) in [7, 11) is 1.80. The molecular weight excluding hydrogens is 246 g/mol. The molecule has 2 N–H and O–H groups in total. The monoisotopic (exact) mass is 263 g/mol. The van der Waals surface area contributed by atoms with Gasteiger partial charge in [0, 0.05) is 25.8 Å². The molecule has 0 atom stereocenters. The lowest BCUT2D eigenvalue weighted by molar-refractivity contribution is 0.128. The van der Waals surface area contributed by atoms with Crippen molar-refractivity contribution in [3.05, 3.63) is 23.7 Å². The molecule has 2 aromatic heterocycles. The van der Waals surface area contributed by atoms with Crippen LogP contribution in [0.1, 0.15) is 18.4 Å². The van der Waals surface area contributed by atoms with Crippen molar-refractivity contribution in [2.45, 2.75) is 20.5 Å². The van der Waals surface area contributed by atoms with Gasteiger partial charge in [-0.15, -0.1) is 0 Å². The Hall–Kier alpha value is -2.15. The number of hydrogen-bond acceptors (Lipinski definition) is 6. The van der Waals surface area contributed by atoms with Gasteiger partial charge in [0.25, 0.3) is 0 Å². The number of hydrogen-bond donors (Lipinski definition) is 1. The van der Waals surface area contributed by atoms with E-state index in [-0.39, 0.29) is 0 Å². The average molecular weight is 263 g/mol. The number of nitrogens with two attached hydrogens (primary N) is 1. The van der Waals surface area contributed by atoms with Crippen LogP contribution in [-0.4, -0.2) is 26.4 Å². The van der Waals surface area contributed by atoms with Gasteiger partial charge in [-0.1, -0.05) is 0 Å². The van der Waals surface area contributed by atoms with Crippen LogP contribution in [0.25, 0.3) is 0 Å². The fraction of sp³-hybridized carbons (Fsp3) is 0.417. The highest BCUT2D eigenvalue weighted by molar-refractivity contribution is 5.34. The summed E-state index contributed by atoms with van der Waals surface area (Å²) in [5, 5.41) is 4.19. The molecule has 2 heterocycles. The number of aromatic nitrogens is 4. The van der Waals surface area contributed by atoms with Crippen LogP contribution in [0.15, 0.2) is 12.1 Å². The van der Waals surface area contributed by atoms with Crippen LogP contribution in [-0.2, 0) is 18.4 Å². The number of rotatable bonds is 5. The van der Waals surface area contributed by atoms with E-state index < -0.39 is 0 Å². The number of nitrogen functional groups attached to an aromatic ring is 1. The SMILES string of the molecule is CCOCc1nc(N)cc(Oc2cc(C)nn2C)n1. The van der Waals surface area contributed by atoms with E-state index in [0.29, 0.717) is 36.6 Å². The zero-order valence-electron chi connectivity index (χ0n) is 11.3. The molecule has 0 aromatic carbocycles. The van der Waals surface area contributed by atoms with Gasteiger partial charge in [0.05, 0.1) is 5.69 Å². The number of aryl methyl sites for hydroxylation is 2. The van der Waals surface area contributed by atoms with Gasteiger partial charge in [0.1, 0.15) is 12.4 Å². The third-order valence-electron chi connectivity index (χ3n) is 2.37. The van der Waals surface area contributed by atoms with Gasteiger partial charge in [-0.05, 0) is 13.8 Å². The van der Waals surface area contributed by atoms with Gasteiger partial charge in [0.15, 0.2) is 5.82 Å².